The smallest absolute Gasteiger partial charge is 0.407 e. The van der Waals surface area contributed by atoms with Gasteiger partial charge in [0.15, 0.2) is 5.78 Å². The Morgan fingerprint density at radius 2 is 1.90 bits per heavy atom. The van der Waals surface area contributed by atoms with Crippen molar-refractivity contribution in [2.45, 2.75) is 20.0 Å². The first-order valence-electron chi connectivity index (χ1n) is 6.18. The molecule has 1 rings (SSSR count). The van der Waals surface area contributed by atoms with Crippen LogP contribution in [0.4, 0.5) is 4.79 Å². The molecule has 0 aromatic heterocycles. The van der Waals surface area contributed by atoms with Gasteiger partial charge in [0.25, 0.3) is 0 Å². The number of ether oxygens (including phenoxy) is 1. The molecular weight excluding hydrogens is 262 g/mol. The van der Waals surface area contributed by atoms with Gasteiger partial charge < -0.3 is 15.2 Å². The van der Waals surface area contributed by atoms with E-state index in [1.807, 2.05) is 30.3 Å². The van der Waals surface area contributed by atoms with Crippen molar-refractivity contribution in [2.24, 2.45) is 5.92 Å². The molecule has 0 spiro atoms. The van der Waals surface area contributed by atoms with Crippen LogP contribution in [0.3, 0.4) is 0 Å². The average molecular weight is 279 g/mol. The predicted molar refractivity (Wildman–Crippen MR) is 71.1 cm³/mol. The summed E-state index contributed by atoms with van der Waals surface area (Å²) in [7, 11) is 0. The van der Waals surface area contributed by atoms with Crippen LogP contribution in [0.25, 0.3) is 0 Å². The van der Waals surface area contributed by atoms with E-state index in [2.05, 4.69) is 5.32 Å². The number of benzene rings is 1. The van der Waals surface area contributed by atoms with Crippen LogP contribution in [0.2, 0.25) is 0 Å². The van der Waals surface area contributed by atoms with Crippen molar-refractivity contribution in [3.63, 3.8) is 0 Å². The van der Waals surface area contributed by atoms with E-state index >= 15 is 0 Å². The van der Waals surface area contributed by atoms with Crippen LogP contribution in [-0.4, -0.2) is 29.5 Å². The minimum absolute atomic E-state index is 0.117. The number of alkyl carbamates (subject to hydrolysis) is 1. The molecule has 0 unspecified atom stereocenters. The molecule has 6 nitrogen and oxygen atoms in total. The largest absolute Gasteiger partial charge is 0.481 e. The van der Waals surface area contributed by atoms with E-state index in [4.69, 9.17) is 9.84 Å². The number of carbonyl (C=O) groups is 3. The minimum Gasteiger partial charge on any atom is -0.481 e. The summed E-state index contributed by atoms with van der Waals surface area (Å²) in [6, 6.07) is 9.13. The van der Waals surface area contributed by atoms with Crippen molar-refractivity contribution in [3.8, 4) is 0 Å². The summed E-state index contributed by atoms with van der Waals surface area (Å²) in [5, 5.41) is 10.9. The Bertz CT molecular complexity index is 472. The van der Waals surface area contributed by atoms with Crippen molar-refractivity contribution in [2.75, 3.05) is 6.54 Å². The topological polar surface area (TPSA) is 92.7 Å². The maximum absolute atomic E-state index is 11.4. The number of nitrogens with one attached hydrogen (secondary N) is 1. The predicted octanol–water partition coefficient (Wildman–Crippen LogP) is 1.59. The van der Waals surface area contributed by atoms with Crippen molar-refractivity contribution < 1.29 is 24.2 Å². The van der Waals surface area contributed by atoms with E-state index in [-0.39, 0.29) is 25.4 Å². The van der Waals surface area contributed by atoms with Gasteiger partial charge in [0.2, 0.25) is 0 Å². The molecule has 0 fully saturated rings. The number of rotatable bonds is 7. The van der Waals surface area contributed by atoms with E-state index in [1.165, 1.54) is 6.92 Å². The fraction of sp³-hybridized carbons (Fsp3) is 0.357. The van der Waals surface area contributed by atoms with E-state index < -0.39 is 18.0 Å². The van der Waals surface area contributed by atoms with Gasteiger partial charge in [0, 0.05) is 6.42 Å². The van der Waals surface area contributed by atoms with Crippen molar-refractivity contribution in [1.82, 2.24) is 5.32 Å². The molecule has 1 atom stereocenters. The van der Waals surface area contributed by atoms with Crippen LogP contribution >= 0.6 is 0 Å². The van der Waals surface area contributed by atoms with Gasteiger partial charge in [-0.2, -0.15) is 0 Å². The molecule has 0 aliphatic heterocycles. The van der Waals surface area contributed by atoms with E-state index in [9.17, 15) is 14.4 Å². The fourth-order valence-corrected chi connectivity index (χ4v) is 1.45. The number of amides is 1. The molecule has 0 saturated carbocycles. The first-order chi connectivity index (χ1) is 9.49. The van der Waals surface area contributed by atoms with Crippen LogP contribution in [0.1, 0.15) is 18.9 Å². The SMILES string of the molecule is C[C@@H](CC(=O)CNC(=O)OCc1ccccc1)C(=O)O. The molecule has 0 aliphatic rings. The second-order valence-corrected chi connectivity index (χ2v) is 4.40. The normalized spacial score (nSPS) is 11.4. The highest BCUT2D eigenvalue weighted by atomic mass is 16.5. The lowest BCUT2D eigenvalue weighted by Crippen LogP contribution is -2.31. The zero-order valence-corrected chi connectivity index (χ0v) is 11.2. The van der Waals surface area contributed by atoms with Gasteiger partial charge in [-0.25, -0.2) is 4.79 Å². The summed E-state index contributed by atoms with van der Waals surface area (Å²) in [6.45, 7) is 1.32. The van der Waals surface area contributed by atoms with E-state index in [0.717, 1.165) is 5.56 Å². The van der Waals surface area contributed by atoms with Crippen molar-refractivity contribution >= 4 is 17.8 Å². The zero-order chi connectivity index (χ0) is 15.0. The Balaban J connectivity index is 2.23. The Morgan fingerprint density at radius 1 is 1.25 bits per heavy atom. The second kappa shape index (κ2) is 7.93. The molecule has 2 N–H and O–H groups in total. The Morgan fingerprint density at radius 3 is 2.50 bits per heavy atom. The van der Waals surface area contributed by atoms with Crippen LogP contribution in [0, 0.1) is 5.92 Å². The van der Waals surface area contributed by atoms with Gasteiger partial charge in [-0.05, 0) is 5.56 Å². The quantitative estimate of drug-likeness (QED) is 0.790. The van der Waals surface area contributed by atoms with Gasteiger partial charge in [-0.1, -0.05) is 37.3 Å². The first-order valence-corrected chi connectivity index (χ1v) is 6.18. The highest BCUT2D eigenvalue weighted by Crippen LogP contribution is 2.02. The molecule has 0 heterocycles. The van der Waals surface area contributed by atoms with Crippen LogP contribution in [0.5, 0.6) is 0 Å². The molecule has 0 aliphatic carbocycles. The lowest BCUT2D eigenvalue weighted by Gasteiger charge is -2.08. The summed E-state index contributed by atoms with van der Waals surface area (Å²) in [4.78, 5) is 33.3. The third-order valence-corrected chi connectivity index (χ3v) is 2.60. The first kappa shape index (κ1) is 15.7. The van der Waals surface area contributed by atoms with E-state index in [0.29, 0.717) is 0 Å². The molecule has 20 heavy (non-hydrogen) atoms. The number of carboxylic acid groups (broad SMARTS) is 1. The number of Topliss-reactive ketones (excluding diaryl/α,β-unsaturated/α-hetero) is 1. The maximum Gasteiger partial charge on any atom is 0.407 e. The average Bonchev–Trinajstić information content (AvgIpc) is 2.43. The molecular formula is C14H17NO5. The maximum atomic E-state index is 11.4. The summed E-state index contributed by atoms with van der Waals surface area (Å²) in [5.41, 5.74) is 0.841. The van der Waals surface area contributed by atoms with Gasteiger partial charge in [-0.3, -0.25) is 9.59 Å². The molecule has 108 valence electrons. The van der Waals surface area contributed by atoms with Crippen molar-refractivity contribution in [1.29, 1.82) is 0 Å². The summed E-state index contributed by atoms with van der Waals surface area (Å²) in [6.07, 6.45) is -0.820. The van der Waals surface area contributed by atoms with Crippen LogP contribution in [0.15, 0.2) is 30.3 Å². The molecule has 0 saturated heterocycles. The van der Waals surface area contributed by atoms with Gasteiger partial charge in [0.1, 0.15) is 6.61 Å². The summed E-state index contributed by atoms with van der Waals surface area (Å²) >= 11 is 0. The van der Waals surface area contributed by atoms with Gasteiger partial charge in [0.05, 0.1) is 12.5 Å². The third kappa shape index (κ3) is 5.99. The Kier molecular flexibility index (Phi) is 6.22. The molecule has 1 amide bonds. The number of hydrogen-bond acceptors (Lipinski definition) is 4. The Hall–Kier alpha value is -2.37. The molecule has 0 bridgehead atoms. The number of aliphatic carboxylic acids is 1. The van der Waals surface area contributed by atoms with Crippen molar-refractivity contribution in [3.05, 3.63) is 35.9 Å². The fourth-order valence-electron chi connectivity index (χ4n) is 1.45. The van der Waals surface area contributed by atoms with E-state index in [1.54, 1.807) is 0 Å². The lowest BCUT2D eigenvalue weighted by molar-refractivity contribution is -0.142. The summed E-state index contributed by atoms with van der Waals surface area (Å²) in [5.74, 6) is -2.15. The van der Waals surface area contributed by atoms with Gasteiger partial charge in [-0.15, -0.1) is 0 Å². The number of carbonyl (C=O) groups excluding carboxylic acids is 2. The summed E-state index contributed by atoms with van der Waals surface area (Å²) < 4.78 is 4.91. The highest BCUT2D eigenvalue weighted by Gasteiger charge is 2.16. The standard InChI is InChI=1S/C14H17NO5/c1-10(13(17)18)7-12(16)8-15-14(19)20-9-11-5-3-2-4-6-11/h2-6,10H,7-9H2,1H3,(H,15,19)(H,17,18)/t10-/m0/s1. The minimum atomic E-state index is -1.04. The van der Waals surface area contributed by atoms with Gasteiger partial charge >= 0.3 is 12.1 Å². The monoisotopic (exact) mass is 279 g/mol. The zero-order valence-electron chi connectivity index (χ0n) is 11.2. The molecule has 1 aromatic carbocycles. The molecule has 6 heteroatoms. The lowest BCUT2D eigenvalue weighted by atomic mass is 10.1. The number of hydrogen-bond donors (Lipinski definition) is 2. The molecule has 1 aromatic rings. The second-order valence-electron chi connectivity index (χ2n) is 4.40. The number of ketones is 1. The van der Waals surface area contributed by atoms with Crippen LogP contribution < -0.4 is 5.32 Å². The van der Waals surface area contributed by atoms with Crippen LogP contribution in [-0.2, 0) is 20.9 Å². The highest BCUT2D eigenvalue weighted by molar-refractivity contribution is 5.87. The third-order valence-electron chi connectivity index (χ3n) is 2.60. The number of carboxylic acids is 1. The molecule has 0 radical (unpaired) electrons. The Labute approximate surface area is 116 Å².